The molecular weight excluding hydrogens is 360 g/mol. The quantitative estimate of drug-likeness (QED) is 0.617. The van der Waals surface area contributed by atoms with Crippen molar-refractivity contribution in [3.8, 4) is 16.3 Å². The Morgan fingerprint density at radius 2 is 1.81 bits per heavy atom. The average Bonchev–Trinajstić information content (AvgIpc) is 3.34. The van der Waals surface area contributed by atoms with E-state index in [0.29, 0.717) is 24.3 Å². The number of carbonyl (C=O) groups is 2. The van der Waals surface area contributed by atoms with Crippen LogP contribution >= 0.6 is 11.3 Å². The van der Waals surface area contributed by atoms with Crippen molar-refractivity contribution in [3.05, 3.63) is 59.6 Å². The Morgan fingerprint density at radius 3 is 2.48 bits per heavy atom. The molecule has 0 saturated carbocycles. The highest BCUT2D eigenvalue weighted by molar-refractivity contribution is 7.13. The van der Waals surface area contributed by atoms with E-state index in [0.717, 1.165) is 10.6 Å². The van der Waals surface area contributed by atoms with Crippen molar-refractivity contribution in [2.75, 3.05) is 13.1 Å². The Hall–Kier alpha value is -2.93. The molecule has 0 saturated heterocycles. The second-order valence-electron chi connectivity index (χ2n) is 6.35. The van der Waals surface area contributed by atoms with Crippen molar-refractivity contribution in [2.24, 2.45) is 5.92 Å². The first-order chi connectivity index (χ1) is 13.1. The van der Waals surface area contributed by atoms with Gasteiger partial charge in [-0.15, -0.1) is 11.3 Å². The molecule has 2 aromatic heterocycles. The Bertz CT molecular complexity index is 901. The summed E-state index contributed by atoms with van der Waals surface area (Å²) in [6, 6.07) is 13.6. The molecule has 1 aromatic carbocycles. The number of aromatic nitrogens is 2. The van der Waals surface area contributed by atoms with Crippen LogP contribution < -0.4 is 10.6 Å². The number of benzene rings is 1. The molecule has 0 aliphatic rings. The van der Waals surface area contributed by atoms with Crippen LogP contribution in [0.4, 0.5) is 0 Å². The molecule has 3 rings (SSSR count). The van der Waals surface area contributed by atoms with Crippen LogP contribution in [0.1, 0.15) is 24.2 Å². The van der Waals surface area contributed by atoms with Gasteiger partial charge >= 0.3 is 0 Å². The molecule has 0 bridgehead atoms. The Kier molecular flexibility index (Phi) is 6.03. The van der Waals surface area contributed by atoms with Crippen LogP contribution in [0.25, 0.3) is 16.3 Å². The summed E-state index contributed by atoms with van der Waals surface area (Å²) in [4.78, 5) is 25.2. The zero-order chi connectivity index (χ0) is 19.2. The van der Waals surface area contributed by atoms with Crippen molar-refractivity contribution < 1.29 is 9.59 Å². The third kappa shape index (κ3) is 4.62. The van der Waals surface area contributed by atoms with E-state index in [9.17, 15) is 9.59 Å². The van der Waals surface area contributed by atoms with Gasteiger partial charge in [0.25, 0.3) is 5.91 Å². The predicted molar refractivity (Wildman–Crippen MR) is 107 cm³/mol. The topological polar surface area (TPSA) is 76.0 Å². The summed E-state index contributed by atoms with van der Waals surface area (Å²) in [5.41, 5.74) is 2.05. The minimum atomic E-state index is -0.209. The lowest BCUT2D eigenvalue weighted by Crippen LogP contribution is -2.36. The average molecular weight is 382 g/mol. The summed E-state index contributed by atoms with van der Waals surface area (Å²) in [7, 11) is 0. The molecule has 7 heteroatoms. The maximum absolute atomic E-state index is 12.7. The van der Waals surface area contributed by atoms with E-state index < -0.39 is 0 Å². The number of hydrogen-bond acceptors (Lipinski definition) is 4. The summed E-state index contributed by atoms with van der Waals surface area (Å²) in [5, 5.41) is 12.2. The van der Waals surface area contributed by atoms with Crippen molar-refractivity contribution in [2.45, 2.75) is 13.8 Å². The highest BCUT2D eigenvalue weighted by Gasteiger charge is 2.19. The molecule has 2 heterocycles. The van der Waals surface area contributed by atoms with Gasteiger partial charge in [-0.1, -0.05) is 38.1 Å². The van der Waals surface area contributed by atoms with Crippen LogP contribution in [0, 0.1) is 5.92 Å². The van der Waals surface area contributed by atoms with Crippen LogP contribution in [0.15, 0.2) is 54.0 Å². The number of amides is 2. The molecule has 0 aliphatic carbocycles. The summed E-state index contributed by atoms with van der Waals surface area (Å²) < 4.78 is 1.71. The molecule has 2 amide bonds. The highest BCUT2D eigenvalue weighted by atomic mass is 32.1. The second-order valence-corrected chi connectivity index (χ2v) is 7.30. The second kappa shape index (κ2) is 8.64. The molecule has 0 radical (unpaired) electrons. The van der Waals surface area contributed by atoms with Crippen molar-refractivity contribution in [3.63, 3.8) is 0 Å². The molecule has 0 fully saturated rings. The molecule has 27 heavy (non-hydrogen) atoms. The molecule has 3 aromatic rings. The SMILES string of the molecule is CC(C)C(=O)NCCNC(=O)c1cn(-c2ccccc2)nc1-c1cccs1. The molecule has 2 N–H and O–H groups in total. The smallest absolute Gasteiger partial charge is 0.255 e. The third-order valence-electron chi connectivity index (χ3n) is 3.97. The van der Waals surface area contributed by atoms with E-state index in [1.807, 2.05) is 61.7 Å². The van der Waals surface area contributed by atoms with Gasteiger partial charge in [0.05, 0.1) is 16.1 Å². The van der Waals surface area contributed by atoms with E-state index in [-0.39, 0.29) is 17.7 Å². The summed E-state index contributed by atoms with van der Waals surface area (Å²) >= 11 is 1.54. The van der Waals surface area contributed by atoms with Crippen LogP contribution in [0.5, 0.6) is 0 Å². The lowest BCUT2D eigenvalue weighted by Gasteiger charge is -2.08. The fourth-order valence-corrected chi connectivity index (χ4v) is 3.23. The van der Waals surface area contributed by atoms with Gasteiger partial charge in [0.2, 0.25) is 5.91 Å². The Labute approximate surface area is 162 Å². The van der Waals surface area contributed by atoms with Crippen molar-refractivity contribution >= 4 is 23.2 Å². The van der Waals surface area contributed by atoms with Gasteiger partial charge in [0.15, 0.2) is 0 Å². The Morgan fingerprint density at radius 1 is 1.07 bits per heavy atom. The minimum Gasteiger partial charge on any atom is -0.354 e. The number of nitrogens with one attached hydrogen (secondary N) is 2. The maximum Gasteiger partial charge on any atom is 0.255 e. The first-order valence-corrected chi connectivity index (χ1v) is 9.69. The molecule has 6 nitrogen and oxygen atoms in total. The number of para-hydroxylation sites is 1. The van der Waals surface area contributed by atoms with Gasteiger partial charge in [0.1, 0.15) is 5.69 Å². The Balaban J connectivity index is 1.76. The van der Waals surface area contributed by atoms with Crippen molar-refractivity contribution in [1.82, 2.24) is 20.4 Å². The largest absolute Gasteiger partial charge is 0.354 e. The number of nitrogens with zero attached hydrogens (tertiary/aromatic N) is 2. The number of carbonyl (C=O) groups excluding carboxylic acids is 2. The number of thiophene rings is 1. The summed E-state index contributed by atoms with van der Waals surface area (Å²) in [6.45, 7) is 4.42. The zero-order valence-corrected chi connectivity index (χ0v) is 16.1. The van der Waals surface area contributed by atoms with Gasteiger partial charge in [-0.3, -0.25) is 9.59 Å². The van der Waals surface area contributed by atoms with Crippen LogP contribution in [-0.4, -0.2) is 34.7 Å². The monoisotopic (exact) mass is 382 g/mol. The van der Waals surface area contributed by atoms with Crippen LogP contribution in [0.2, 0.25) is 0 Å². The molecule has 0 spiro atoms. The first-order valence-electron chi connectivity index (χ1n) is 8.81. The molecule has 140 valence electrons. The molecule has 0 aliphatic heterocycles. The van der Waals surface area contributed by atoms with Gasteiger partial charge in [-0.2, -0.15) is 5.10 Å². The lowest BCUT2D eigenvalue weighted by atomic mass is 10.2. The van der Waals surface area contributed by atoms with E-state index in [4.69, 9.17) is 0 Å². The standard InChI is InChI=1S/C20H22N4O2S/c1-14(2)19(25)21-10-11-22-20(26)16-13-24(15-7-4-3-5-8-15)23-18(16)17-9-6-12-27-17/h3-9,12-14H,10-11H2,1-2H3,(H,21,25)(H,22,26). The van der Waals surface area contributed by atoms with Gasteiger partial charge in [-0.25, -0.2) is 4.68 Å². The molecule has 0 atom stereocenters. The first kappa shape index (κ1) is 18.8. The highest BCUT2D eigenvalue weighted by Crippen LogP contribution is 2.27. The maximum atomic E-state index is 12.7. The lowest BCUT2D eigenvalue weighted by molar-refractivity contribution is -0.123. The van der Waals surface area contributed by atoms with Crippen molar-refractivity contribution in [1.29, 1.82) is 0 Å². The normalized spacial score (nSPS) is 10.8. The molecular formula is C20H22N4O2S. The predicted octanol–water partition coefficient (Wildman–Crippen LogP) is 3.10. The fourth-order valence-electron chi connectivity index (χ4n) is 2.51. The summed E-state index contributed by atoms with van der Waals surface area (Å²) in [5.74, 6) is -0.310. The van der Waals surface area contributed by atoms with E-state index in [2.05, 4.69) is 15.7 Å². The summed E-state index contributed by atoms with van der Waals surface area (Å²) in [6.07, 6.45) is 1.74. The van der Waals surface area contributed by atoms with E-state index in [1.165, 1.54) is 11.3 Å². The van der Waals surface area contributed by atoms with Gasteiger partial charge in [0, 0.05) is 25.2 Å². The zero-order valence-electron chi connectivity index (χ0n) is 15.3. The van der Waals surface area contributed by atoms with E-state index in [1.54, 1.807) is 10.9 Å². The van der Waals surface area contributed by atoms with Gasteiger partial charge < -0.3 is 10.6 Å². The molecule has 0 unspecified atom stereocenters. The van der Waals surface area contributed by atoms with Crippen LogP contribution in [0.3, 0.4) is 0 Å². The number of hydrogen-bond donors (Lipinski definition) is 2. The van der Waals surface area contributed by atoms with E-state index >= 15 is 0 Å². The fraction of sp³-hybridized carbons (Fsp3) is 0.250. The van der Waals surface area contributed by atoms with Crippen LogP contribution in [-0.2, 0) is 4.79 Å². The third-order valence-corrected chi connectivity index (χ3v) is 4.84. The minimum absolute atomic E-state index is 0.0274. The van der Waals surface area contributed by atoms with Gasteiger partial charge in [-0.05, 0) is 23.6 Å². The number of rotatable bonds is 7.